The molecule has 0 fully saturated rings. The van der Waals surface area contributed by atoms with Gasteiger partial charge in [0.15, 0.2) is 0 Å². The molecule has 262 valence electrons. The van der Waals surface area contributed by atoms with Crippen LogP contribution in [0.15, 0.2) is 186 Å². The van der Waals surface area contributed by atoms with Gasteiger partial charge in [0.1, 0.15) is 11.2 Å². The molecule has 1 aliphatic rings. The first-order chi connectivity index (χ1) is 27.5. The van der Waals surface area contributed by atoms with Crippen LogP contribution in [0.2, 0.25) is 0 Å². The van der Waals surface area contributed by atoms with Crippen molar-refractivity contribution < 1.29 is 4.42 Å². The van der Waals surface area contributed by atoms with Gasteiger partial charge in [-0.05, 0) is 124 Å². The highest BCUT2D eigenvalue weighted by molar-refractivity contribution is 6.24. The maximum atomic E-state index is 6.49. The first-order valence-corrected chi connectivity index (χ1v) is 19.6. The van der Waals surface area contributed by atoms with E-state index < -0.39 is 0 Å². The second kappa shape index (κ2) is 11.5. The van der Waals surface area contributed by atoms with Crippen LogP contribution in [0.4, 0.5) is 0 Å². The molecule has 0 atom stereocenters. The van der Waals surface area contributed by atoms with Crippen molar-refractivity contribution in [1.29, 1.82) is 0 Å². The Kier molecular flexibility index (Phi) is 6.46. The third-order valence-electron chi connectivity index (χ3n) is 12.6. The van der Waals surface area contributed by atoms with Crippen LogP contribution >= 0.6 is 0 Å². The molecule has 56 heavy (non-hydrogen) atoms. The molecule has 0 radical (unpaired) electrons. The minimum Gasteiger partial charge on any atom is -0.455 e. The lowest BCUT2D eigenvalue weighted by Crippen LogP contribution is -2.15. The molecule has 0 amide bonds. The maximum absolute atomic E-state index is 6.49. The molecular formula is C55H36O. The SMILES string of the molecule is CC1(C)c2cc(-c3cccc(-c4c5ccccc5c(-c5cccc6ccccc56)c5ccccc45)c3)ccc2-c2ccc3c(ccc4c5ccccc5oc34)c21. The minimum absolute atomic E-state index is 0.193. The van der Waals surface area contributed by atoms with Crippen molar-refractivity contribution in [3.8, 4) is 44.5 Å². The van der Waals surface area contributed by atoms with Crippen LogP contribution in [0.1, 0.15) is 25.0 Å². The van der Waals surface area contributed by atoms with E-state index in [0.29, 0.717) is 0 Å². The first kappa shape index (κ1) is 31.4. The Bertz CT molecular complexity index is 3390. The smallest absolute Gasteiger partial charge is 0.143 e. The van der Waals surface area contributed by atoms with E-state index in [-0.39, 0.29) is 5.41 Å². The summed E-state index contributed by atoms with van der Waals surface area (Å²) in [5.74, 6) is 0. The van der Waals surface area contributed by atoms with Crippen molar-refractivity contribution in [3.05, 3.63) is 193 Å². The molecule has 0 saturated heterocycles. The molecule has 0 saturated carbocycles. The Morgan fingerprint density at radius 1 is 0.357 bits per heavy atom. The fraction of sp³-hybridized carbons (Fsp3) is 0.0545. The monoisotopic (exact) mass is 712 g/mol. The maximum Gasteiger partial charge on any atom is 0.143 e. The summed E-state index contributed by atoms with van der Waals surface area (Å²) >= 11 is 0. The number of para-hydroxylation sites is 1. The van der Waals surface area contributed by atoms with Crippen molar-refractivity contribution in [2.24, 2.45) is 0 Å². The lowest BCUT2D eigenvalue weighted by Gasteiger charge is -2.24. The number of hydrogen-bond donors (Lipinski definition) is 0. The van der Waals surface area contributed by atoms with Gasteiger partial charge >= 0.3 is 0 Å². The minimum atomic E-state index is -0.193. The van der Waals surface area contributed by atoms with Crippen molar-refractivity contribution >= 4 is 65.0 Å². The molecule has 1 heterocycles. The zero-order valence-corrected chi connectivity index (χ0v) is 31.2. The molecule has 0 aliphatic heterocycles. The third kappa shape index (κ3) is 4.31. The Hall–Kier alpha value is -6.96. The van der Waals surface area contributed by atoms with E-state index >= 15 is 0 Å². The zero-order chi connectivity index (χ0) is 37.1. The summed E-state index contributed by atoms with van der Waals surface area (Å²) in [6.07, 6.45) is 0. The quantitative estimate of drug-likeness (QED) is 0.166. The Morgan fingerprint density at radius 2 is 0.911 bits per heavy atom. The summed E-state index contributed by atoms with van der Waals surface area (Å²) in [6, 6.07) is 67.1. The van der Waals surface area contributed by atoms with Gasteiger partial charge in [0.05, 0.1) is 0 Å². The van der Waals surface area contributed by atoms with E-state index in [1.54, 1.807) is 0 Å². The zero-order valence-electron chi connectivity index (χ0n) is 31.2. The molecule has 1 aliphatic carbocycles. The van der Waals surface area contributed by atoms with Crippen LogP contribution in [0.5, 0.6) is 0 Å². The summed E-state index contributed by atoms with van der Waals surface area (Å²) in [6.45, 7) is 4.77. The summed E-state index contributed by atoms with van der Waals surface area (Å²) < 4.78 is 6.49. The van der Waals surface area contributed by atoms with Crippen molar-refractivity contribution in [3.63, 3.8) is 0 Å². The average Bonchev–Trinajstić information content (AvgIpc) is 3.74. The molecule has 0 spiro atoms. The second-order valence-corrected chi connectivity index (χ2v) is 16.0. The van der Waals surface area contributed by atoms with Gasteiger partial charge in [0, 0.05) is 21.6 Å². The predicted octanol–water partition coefficient (Wildman–Crippen LogP) is 15.5. The lowest BCUT2D eigenvalue weighted by atomic mass is 9.79. The van der Waals surface area contributed by atoms with Crippen LogP contribution in [0.3, 0.4) is 0 Å². The summed E-state index contributed by atoms with van der Waals surface area (Å²) in [7, 11) is 0. The highest BCUT2D eigenvalue weighted by Crippen LogP contribution is 2.53. The summed E-state index contributed by atoms with van der Waals surface area (Å²) in [5.41, 5.74) is 14.6. The fourth-order valence-corrected chi connectivity index (χ4v) is 10.1. The molecule has 0 N–H and O–H groups in total. The number of benzene rings is 10. The summed E-state index contributed by atoms with van der Waals surface area (Å²) in [5, 5.41) is 12.4. The normalized spacial score (nSPS) is 13.3. The largest absolute Gasteiger partial charge is 0.455 e. The van der Waals surface area contributed by atoms with Crippen molar-refractivity contribution in [2.45, 2.75) is 19.3 Å². The van der Waals surface area contributed by atoms with Gasteiger partial charge < -0.3 is 4.42 Å². The average molecular weight is 713 g/mol. The van der Waals surface area contributed by atoms with E-state index in [2.05, 4.69) is 190 Å². The third-order valence-corrected chi connectivity index (χ3v) is 12.6. The topological polar surface area (TPSA) is 13.1 Å². The molecule has 0 unspecified atom stereocenters. The van der Waals surface area contributed by atoms with Crippen LogP contribution in [-0.2, 0) is 5.41 Å². The van der Waals surface area contributed by atoms with Crippen molar-refractivity contribution in [1.82, 2.24) is 0 Å². The molecule has 0 bridgehead atoms. The van der Waals surface area contributed by atoms with E-state index in [0.717, 1.165) is 11.2 Å². The van der Waals surface area contributed by atoms with Gasteiger partial charge in [-0.3, -0.25) is 0 Å². The van der Waals surface area contributed by atoms with Gasteiger partial charge in [0.2, 0.25) is 0 Å². The Morgan fingerprint density at radius 3 is 1.70 bits per heavy atom. The standard InChI is InChI=1S/C55H36O/c1-55(2)49-32-35(25-26-38(49)45-27-30-48-46(53(45)55)28-29-47-39-18-9-10-24-50(39)56-54(47)48)34-15-11-16-36(31-34)51-41-19-5-7-21-43(41)52(44-22-8-6-20-42(44)51)40-23-12-14-33-13-3-4-17-37(33)40/h3-32H,1-2H3. The van der Waals surface area contributed by atoms with Crippen LogP contribution in [0, 0.1) is 0 Å². The number of rotatable bonds is 3. The van der Waals surface area contributed by atoms with Gasteiger partial charge in [-0.1, -0.05) is 166 Å². The molecule has 11 aromatic rings. The van der Waals surface area contributed by atoms with E-state index in [1.807, 2.05) is 6.07 Å². The van der Waals surface area contributed by atoms with E-state index in [4.69, 9.17) is 4.42 Å². The van der Waals surface area contributed by atoms with Gasteiger partial charge in [0.25, 0.3) is 0 Å². The van der Waals surface area contributed by atoms with Crippen LogP contribution in [-0.4, -0.2) is 0 Å². The predicted molar refractivity (Wildman–Crippen MR) is 238 cm³/mol. The van der Waals surface area contributed by atoms with Crippen molar-refractivity contribution in [2.75, 3.05) is 0 Å². The van der Waals surface area contributed by atoms with Gasteiger partial charge in [-0.15, -0.1) is 0 Å². The highest BCUT2D eigenvalue weighted by Gasteiger charge is 2.37. The van der Waals surface area contributed by atoms with Gasteiger partial charge in [-0.25, -0.2) is 0 Å². The van der Waals surface area contributed by atoms with Crippen LogP contribution in [0.25, 0.3) is 110 Å². The number of fused-ring (bicyclic) bond motifs is 12. The summed E-state index contributed by atoms with van der Waals surface area (Å²) in [4.78, 5) is 0. The molecule has 1 aromatic heterocycles. The fourth-order valence-electron chi connectivity index (χ4n) is 10.1. The molecule has 10 aromatic carbocycles. The number of furan rings is 1. The van der Waals surface area contributed by atoms with Crippen LogP contribution < -0.4 is 0 Å². The highest BCUT2D eigenvalue weighted by atomic mass is 16.3. The second-order valence-electron chi connectivity index (χ2n) is 16.0. The van der Waals surface area contributed by atoms with E-state index in [9.17, 15) is 0 Å². The first-order valence-electron chi connectivity index (χ1n) is 19.6. The molecule has 1 heteroatoms. The molecule has 12 rings (SSSR count). The molecular weight excluding hydrogens is 677 g/mol. The Labute approximate surface area is 325 Å². The van der Waals surface area contributed by atoms with Gasteiger partial charge in [-0.2, -0.15) is 0 Å². The number of hydrogen-bond acceptors (Lipinski definition) is 1. The Balaban J connectivity index is 1.02. The lowest BCUT2D eigenvalue weighted by molar-refractivity contribution is 0.665. The van der Waals surface area contributed by atoms with E-state index in [1.165, 1.54) is 109 Å². The molecule has 1 nitrogen and oxygen atoms in total.